The molecule has 0 spiro atoms. The molecule has 0 aromatic heterocycles. The molecule has 4 aliphatic rings. The highest BCUT2D eigenvalue weighted by Crippen LogP contribution is 2.55. The summed E-state index contributed by atoms with van der Waals surface area (Å²) in [5.41, 5.74) is 0.389. The van der Waals surface area contributed by atoms with E-state index in [2.05, 4.69) is 18.2 Å². The molecule has 0 saturated heterocycles. The highest BCUT2D eigenvalue weighted by atomic mass is 19.3. The second-order valence-corrected chi connectivity index (χ2v) is 19.0. The summed E-state index contributed by atoms with van der Waals surface area (Å²) in [6.45, 7) is 0. The number of hydrogen-bond donors (Lipinski definition) is 1. The van der Waals surface area contributed by atoms with Gasteiger partial charge in [-0.25, -0.2) is 17.6 Å². The molecule has 0 atom stereocenters. The first-order valence-corrected chi connectivity index (χ1v) is 24.0. The van der Waals surface area contributed by atoms with Crippen LogP contribution in [0.4, 0.5) is 17.6 Å². The Labute approximate surface area is 445 Å². The van der Waals surface area contributed by atoms with Crippen molar-refractivity contribution >= 4 is 11.8 Å². The van der Waals surface area contributed by atoms with Crippen molar-refractivity contribution in [3.8, 4) is 53.0 Å². The molecule has 5 aromatic carbocycles. The summed E-state index contributed by atoms with van der Waals surface area (Å²) in [5, 5.41) is 45.1. The van der Waals surface area contributed by atoms with Crippen LogP contribution < -0.4 is 23.7 Å². The van der Waals surface area contributed by atoms with Gasteiger partial charge in [0.1, 0.15) is 39.9 Å². The lowest BCUT2D eigenvalue weighted by atomic mass is 9.61. The van der Waals surface area contributed by atoms with Crippen LogP contribution in [0.15, 0.2) is 121 Å². The van der Waals surface area contributed by atoms with E-state index in [1.807, 2.05) is 78.9 Å². The maximum Gasteiger partial charge on any atom is 0.314 e. The van der Waals surface area contributed by atoms with Gasteiger partial charge >= 0.3 is 5.97 Å². The zero-order valence-corrected chi connectivity index (χ0v) is 43.8. The Morgan fingerprint density at radius 3 is 1.03 bits per heavy atom. The molecule has 18 heteroatoms. The van der Waals surface area contributed by atoms with Crippen LogP contribution in [0.1, 0.15) is 79.2 Å². The molecule has 5 aromatic rings. The van der Waals surface area contributed by atoms with Crippen LogP contribution in [-0.2, 0) is 47.1 Å². The lowest BCUT2D eigenvalue weighted by Crippen LogP contribution is -2.56. The summed E-state index contributed by atoms with van der Waals surface area (Å²) in [4.78, 5) is 22.2. The van der Waals surface area contributed by atoms with Gasteiger partial charge in [-0.2, -0.15) is 21.0 Å². The Kier molecular flexibility index (Phi) is 19.5. The summed E-state index contributed by atoms with van der Waals surface area (Å²) < 4.78 is 87.4. The first kappa shape index (κ1) is 59.7. The van der Waals surface area contributed by atoms with Gasteiger partial charge in [-0.05, 0) is 88.5 Å². The van der Waals surface area contributed by atoms with Crippen molar-refractivity contribution in [1.82, 2.24) is 0 Å². The number of carboxylic acids is 1. The van der Waals surface area contributed by atoms with Crippen LogP contribution >= 0.6 is 0 Å². The fraction of sp³-hybridized carbons (Fsp3) is 0.390. The Balaban J connectivity index is 0.000000179. The van der Waals surface area contributed by atoms with Crippen molar-refractivity contribution in [3.05, 3.63) is 149 Å². The van der Waals surface area contributed by atoms with Gasteiger partial charge in [-0.1, -0.05) is 60.7 Å². The molecule has 0 radical (unpaired) electrons. The first-order valence-electron chi connectivity index (χ1n) is 24.0. The number of carboxylic acid groups (broad SMARTS) is 1. The molecule has 0 bridgehead atoms. The van der Waals surface area contributed by atoms with Gasteiger partial charge in [0.05, 0.1) is 82.5 Å². The van der Waals surface area contributed by atoms with E-state index in [1.54, 1.807) is 71.9 Å². The Hall–Kier alpha value is -8.16. The molecule has 0 unspecified atom stereocenters. The van der Waals surface area contributed by atoms with E-state index in [1.165, 1.54) is 26.4 Å². The van der Waals surface area contributed by atoms with Crippen LogP contribution in [0.2, 0.25) is 0 Å². The summed E-state index contributed by atoms with van der Waals surface area (Å²) in [5.74, 6) is -3.63. The maximum absolute atomic E-state index is 12.9. The Morgan fingerprint density at radius 2 is 0.766 bits per heavy atom. The molecular formula is C59H60F4N4O10. The summed E-state index contributed by atoms with van der Waals surface area (Å²) in [6.07, 6.45) is 0.205. The standard InChI is InChI=1S/C14H17NO3.C12H11F2NO.C12H12F2O3.C12H11NO2.C9H9NO/c1-16-12-6-4-11(5-7-12)13(10-15)8-14(9-13,17-2)18-3;1-16-10-4-2-9(3-5-10)11(8-15)6-12(13,14)7-11;1-17-9-4-2-8(3-5-9)11(10(15)16)6-12(13,14)7-11;1-15-11-4-2-9(3-5-11)12(8-13)6-10(14)7-12;1-11-9-4-2-8(3-5-9)6-7-10/h4-7H,8-9H2,1-3H3;2-5H,6-7H2,1H3;2-5H,6-7H2,1H3,(H,15,16);2-5H,6-7H2,1H3;2-5H,6H2,1H3. The zero-order valence-electron chi connectivity index (χ0n) is 43.8. The minimum atomic E-state index is -2.88. The van der Waals surface area contributed by atoms with Crippen LogP contribution in [0.5, 0.6) is 28.7 Å². The second-order valence-electron chi connectivity index (χ2n) is 19.0. The van der Waals surface area contributed by atoms with Gasteiger partial charge in [0.15, 0.2) is 5.79 Å². The van der Waals surface area contributed by atoms with Crippen LogP contribution in [0.25, 0.3) is 0 Å². The van der Waals surface area contributed by atoms with E-state index in [9.17, 15) is 32.4 Å². The topological polar surface area (TPSA) is 214 Å². The van der Waals surface area contributed by atoms with Gasteiger partial charge in [-0.15, -0.1) is 0 Å². The molecule has 4 fully saturated rings. The summed E-state index contributed by atoms with van der Waals surface area (Å²) >= 11 is 0. The number of aliphatic carboxylic acids is 1. The smallest absolute Gasteiger partial charge is 0.314 e. The molecule has 77 heavy (non-hydrogen) atoms. The van der Waals surface area contributed by atoms with E-state index in [0.29, 0.717) is 54.7 Å². The molecule has 1 N–H and O–H groups in total. The largest absolute Gasteiger partial charge is 0.497 e. The molecular weight excluding hydrogens is 1000 g/mol. The quantitative estimate of drug-likeness (QED) is 0.0858. The van der Waals surface area contributed by atoms with Gasteiger partial charge < -0.3 is 38.3 Å². The van der Waals surface area contributed by atoms with E-state index in [4.69, 9.17) is 54.1 Å². The maximum atomic E-state index is 12.9. The number of Topliss-reactive ketones (excluding diaryl/α,β-unsaturated/α-hetero) is 1. The van der Waals surface area contributed by atoms with Crippen LogP contribution in [0.3, 0.4) is 0 Å². The molecule has 4 saturated carbocycles. The normalized spacial score (nSPS) is 18.1. The third-order valence-corrected chi connectivity index (χ3v) is 14.2. The number of benzene rings is 5. The van der Waals surface area contributed by atoms with E-state index >= 15 is 0 Å². The predicted octanol–water partition coefficient (Wildman–Crippen LogP) is 11.2. The highest BCUT2D eigenvalue weighted by molar-refractivity contribution is 5.90. The van der Waals surface area contributed by atoms with Crippen molar-refractivity contribution in [1.29, 1.82) is 21.0 Å². The minimum Gasteiger partial charge on any atom is -0.497 e. The van der Waals surface area contributed by atoms with Gasteiger partial charge in [0, 0.05) is 65.6 Å². The number of hydrogen-bond acceptors (Lipinski definition) is 13. The van der Waals surface area contributed by atoms with Gasteiger partial charge in [0.25, 0.3) is 11.8 Å². The first-order chi connectivity index (χ1) is 36.6. The molecule has 14 nitrogen and oxygen atoms in total. The molecule has 9 rings (SSSR count). The summed E-state index contributed by atoms with van der Waals surface area (Å²) in [6, 6.07) is 44.1. The number of methoxy groups -OCH3 is 7. The van der Waals surface area contributed by atoms with Crippen molar-refractivity contribution in [3.63, 3.8) is 0 Å². The molecule has 0 heterocycles. The number of alkyl halides is 4. The summed E-state index contributed by atoms with van der Waals surface area (Å²) in [7, 11) is 11.1. The molecule has 4 aliphatic carbocycles. The average Bonchev–Trinajstić information content (AvgIpc) is 3.43. The SMILES string of the molecule is COc1ccc(C2(C#N)CC(=O)C2)cc1.COc1ccc(C2(C#N)CC(F)(F)C2)cc1.COc1ccc(C2(C#N)CC(OC)(OC)C2)cc1.COc1ccc(C2(C(=O)O)CC(F)(F)C2)cc1.COc1ccc(CC#N)cc1. The van der Waals surface area contributed by atoms with Gasteiger partial charge in [-0.3, -0.25) is 9.59 Å². The van der Waals surface area contributed by atoms with Crippen molar-refractivity contribution in [2.45, 2.75) is 97.1 Å². The van der Waals surface area contributed by atoms with E-state index in [0.717, 1.165) is 33.9 Å². The minimum absolute atomic E-state index is 0.160. The van der Waals surface area contributed by atoms with Crippen LogP contribution in [-0.4, -0.2) is 84.3 Å². The van der Waals surface area contributed by atoms with E-state index < -0.39 is 58.1 Å². The lowest BCUT2D eigenvalue weighted by molar-refractivity contribution is -0.269. The molecule has 0 amide bonds. The fourth-order valence-corrected chi connectivity index (χ4v) is 9.52. The Bertz CT molecular complexity index is 2930. The zero-order chi connectivity index (χ0) is 56.7. The number of rotatable bonds is 13. The fourth-order valence-electron chi connectivity index (χ4n) is 9.52. The third kappa shape index (κ3) is 13.8. The number of halogens is 4. The second kappa shape index (κ2) is 25.1. The third-order valence-electron chi connectivity index (χ3n) is 14.2. The van der Waals surface area contributed by atoms with Gasteiger partial charge in [0.2, 0.25) is 0 Å². The average molecular weight is 1060 g/mol. The number of nitrogens with zero attached hydrogens (tertiary/aromatic N) is 4. The number of ether oxygens (including phenoxy) is 7. The lowest BCUT2D eigenvalue weighted by Gasteiger charge is -2.50. The Morgan fingerprint density at radius 1 is 0.468 bits per heavy atom. The number of nitriles is 4. The number of ketones is 1. The number of carbonyl (C=O) groups excluding carboxylic acids is 1. The van der Waals surface area contributed by atoms with Crippen molar-refractivity contribution in [2.75, 3.05) is 49.8 Å². The van der Waals surface area contributed by atoms with Crippen molar-refractivity contribution in [2.24, 2.45) is 0 Å². The van der Waals surface area contributed by atoms with E-state index in [-0.39, 0.29) is 18.6 Å². The predicted molar refractivity (Wildman–Crippen MR) is 274 cm³/mol. The highest BCUT2D eigenvalue weighted by Gasteiger charge is 2.62. The van der Waals surface area contributed by atoms with Crippen LogP contribution in [0, 0.1) is 45.3 Å². The number of carbonyl (C=O) groups is 2. The molecule has 0 aliphatic heterocycles. The van der Waals surface area contributed by atoms with Crippen molar-refractivity contribution < 1.29 is 65.4 Å². The molecule has 404 valence electrons. The monoisotopic (exact) mass is 1060 g/mol.